The lowest BCUT2D eigenvalue weighted by atomic mass is 9.85. The second-order valence-corrected chi connectivity index (χ2v) is 4.38. The fourth-order valence-corrected chi connectivity index (χ4v) is 2.02. The predicted molar refractivity (Wildman–Crippen MR) is 68.6 cm³/mol. The number of benzene rings is 2. The summed E-state index contributed by atoms with van der Waals surface area (Å²) >= 11 is 0. The first-order chi connectivity index (χ1) is 9.76. The van der Waals surface area contributed by atoms with Crippen LogP contribution in [0.2, 0.25) is 0 Å². The number of halogens is 3. The SMILES string of the molecule is O=[N+]([O-])c1cccc(C(O)(c2ccccc2)C(F)(F)[18F])c1. The van der Waals surface area contributed by atoms with E-state index in [9.17, 15) is 28.4 Å². The lowest BCUT2D eigenvalue weighted by Crippen LogP contribution is -2.43. The van der Waals surface area contributed by atoms with Crippen molar-refractivity contribution in [2.75, 3.05) is 0 Å². The zero-order valence-corrected chi connectivity index (χ0v) is 10.5. The van der Waals surface area contributed by atoms with Crippen LogP contribution in [-0.2, 0) is 5.60 Å². The van der Waals surface area contributed by atoms with Gasteiger partial charge in [0.15, 0.2) is 0 Å². The summed E-state index contributed by atoms with van der Waals surface area (Å²) in [6, 6.07) is 10.3. The van der Waals surface area contributed by atoms with Crippen LogP contribution < -0.4 is 0 Å². The number of non-ortho nitro benzene ring substituents is 1. The third-order valence-electron chi connectivity index (χ3n) is 3.08. The van der Waals surface area contributed by atoms with Gasteiger partial charge in [0.25, 0.3) is 5.69 Å². The summed E-state index contributed by atoms with van der Waals surface area (Å²) in [4.78, 5) is 9.89. The van der Waals surface area contributed by atoms with Crippen molar-refractivity contribution >= 4 is 5.69 Å². The summed E-state index contributed by atoms with van der Waals surface area (Å²) in [6.45, 7) is 0. The van der Waals surface area contributed by atoms with Crippen molar-refractivity contribution in [1.29, 1.82) is 0 Å². The summed E-state index contributed by atoms with van der Waals surface area (Å²) in [5.41, 5.74) is -4.83. The van der Waals surface area contributed by atoms with E-state index in [1.807, 2.05) is 0 Å². The molecule has 0 aliphatic carbocycles. The molecule has 110 valence electrons. The lowest BCUT2D eigenvalue weighted by Gasteiger charge is -2.31. The third kappa shape index (κ3) is 2.59. The summed E-state index contributed by atoms with van der Waals surface area (Å²) in [6.07, 6.45) is -5.02. The van der Waals surface area contributed by atoms with Gasteiger partial charge in [0, 0.05) is 17.7 Å². The Labute approximate surface area is 117 Å². The highest BCUT2D eigenvalue weighted by Gasteiger charge is 2.56. The van der Waals surface area contributed by atoms with Crippen molar-refractivity contribution in [2.45, 2.75) is 11.8 Å². The molecule has 1 atom stereocenters. The predicted octanol–water partition coefficient (Wildman–Crippen LogP) is 3.39. The van der Waals surface area contributed by atoms with E-state index >= 15 is 0 Å². The maximum absolute atomic E-state index is 13.4. The van der Waals surface area contributed by atoms with Crippen LogP contribution in [0.1, 0.15) is 11.1 Å². The minimum absolute atomic E-state index is 0.405. The van der Waals surface area contributed by atoms with Crippen LogP contribution in [-0.4, -0.2) is 16.2 Å². The quantitative estimate of drug-likeness (QED) is 0.697. The molecule has 1 unspecified atom stereocenters. The van der Waals surface area contributed by atoms with Crippen molar-refractivity contribution in [1.82, 2.24) is 0 Å². The molecule has 0 aromatic heterocycles. The number of hydrogen-bond donors (Lipinski definition) is 1. The summed E-state index contributed by atoms with van der Waals surface area (Å²) in [7, 11) is 0. The largest absolute Gasteiger partial charge is 0.425 e. The van der Waals surface area contributed by atoms with E-state index < -0.39 is 33.5 Å². The van der Waals surface area contributed by atoms with Gasteiger partial charge in [-0.25, -0.2) is 0 Å². The van der Waals surface area contributed by atoms with Crippen molar-refractivity contribution in [3.8, 4) is 0 Å². The Kier molecular flexibility index (Phi) is 3.69. The van der Waals surface area contributed by atoms with Crippen LogP contribution in [0.25, 0.3) is 0 Å². The molecule has 2 aromatic carbocycles. The summed E-state index contributed by atoms with van der Waals surface area (Å²) < 4.78 is 40.2. The van der Waals surface area contributed by atoms with E-state index in [4.69, 9.17) is 0 Å². The molecule has 0 aliphatic heterocycles. The van der Waals surface area contributed by atoms with Gasteiger partial charge in [0.2, 0.25) is 5.60 Å². The van der Waals surface area contributed by atoms with E-state index in [1.165, 1.54) is 18.2 Å². The Hall–Kier alpha value is -2.41. The van der Waals surface area contributed by atoms with Crippen LogP contribution in [0.15, 0.2) is 54.6 Å². The first-order valence-corrected chi connectivity index (χ1v) is 5.86. The van der Waals surface area contributed by atoms with E-state index in [1.54, 1.807) is 0 Å². The molecule has 2 rings (SSSR count). The van der Waals surface area contributed by atoms with Gasteiger partial charge in [-0.1, -0.05) is 42.5 Å². The third-order valence-corrected chi connectivity index (χ3v) is 3.08. The molecular weight excluding hydrogens is 286 g/mol. The Morgan fingerprint density at radius 3 is 2.05 bits per heavy atom. The highest BCUT2D eigenvalue weighted by molar-refractivity contribution is 5.43. The molecule has 0 amide bonds. The van der Waals surface area contributed by atoms with Gasteiger partial charge in [-0.2, -0.15) is 13.2 Å². The molecule has 1 N–H and O–H groups in total. The van der Waals surface area contributed by atoms with Crippen molar-refractivity contribution in [3.05, 3.63) is 75.8 Å². The van der Waals surface area contributed by atoms with E-state index in [2.05, 4.69) is 0 Å². The normalized spacial score (nSPS) is 14.5. The second-order valence-electron chi connectivity index (χ2n) is 4.38. The maximum Gasteiger partial charge on any atom is 0.425 e. The fourth-order valence-electron chi connectivity index (χ4n) is 2.02. The number of nitro groups is 1. The van der Waals surface area contributed by atoms with Crippen molar-refractivity contribution in [3.63, 3.8) is 0 Å². The van der Waals surface area contributed by atoms with Gasteiger partial charge >= 0.3 is 6.18 Å². The lowest BCUT2D eigenvalue weighted by molar-refractivity contribution is -0.385. The number of aliphatic hydroxyl groups is 1. The Morgan fingerprint density at radius 1 is 0.952 bits per heavy atom. The van der Waals surface area contributed by atoms with Crippen LogP contribution in [0.5, 0.6) is 0 Å². The topological polar surface area (TPSA) is 63.4 Å². The van der Waals surface area contributed by atoms with Gasteiger partial charge in [-0.15, -0.1) is 0 Å². The fraction of sp³-hybridized carbons (Fsp3) is 0.143. The molecule has 4 nitrogen and oxygen atoms in total. The van der Waals surface area contributed by atoms with E-state index in [0.717, 1.165) is 36.4 Å². The average molecular weight is 296 g/mol. The summed E-state index contributed by atoms with van der Waals surface area (Å²) in [5.74, 6) is 0. The Bertz CT molecular complexity index is 658. The van der Waals surface area contributed by atoms with Crippen molar-refractivity contribution in [2.24, 2.45) is 0 Å². The zero-order chi connectivity index (χ0) is 15.7. The van der Waals surface area contributed by atoms with Gasteiger partial charge < -0.3 is 5.11 Å². The molecule has 0 fully saturated rings. The molecule has 0 saturated heterocycles. The number of rotatable bonds is 3. The van der Waals surface area contributed by atoms with Gasteiger partial charge in [0.1, 0.15) is 0 Å². The molecule has 7 heteroatoms. The monoisotopic (exact) mass is 296 g/mol. The minimum Gasteiger partial charge on any atom is -0.372 e. The number of alkyl halides is 3. The molecular formula is C14H10F3NO3. The van der Waals surface area contributed by atoms with Crippen LogP contribution >= 0.6 is 0 Å². The first-order valence-electron chi connectivity index (χ1n) is 5.86. The molecule has 0 heterocycles. The maximum atomic E-state index is 13.4. The van der Waals surface area contributed by atoms with Gasteiger partial charge in [-0.05, 0) is 5.56 Å². The van der Waals surface area contributed by atoms with Gasteiger partial charge in [-0.3, -0.25) is 10.1 Å². The first kappa shape index (κ1) is 15.0. The number of nitrogens with zero attached hydrogens (tertiary/aromatic N) is 1. The van der Waals surface area contributed by atoms with Gasteiger partial charge in [0.05, 0.1) is 4.92 Å². The number of hydrogen-bond acceptors (Lipinski definition) is 3. The Balaban J connectivity index is 2.68. The minimum atomic E-state index is -5.02. The smallest absolute Gasteiger partial charge is 0.372 e. The molecule has 2 aromatic rings. The Morgan fingerprint density at radius 2 is 1.52 bits per heavy atom. The second kappa shape index (κ2) is 5.17. The van der Waals surface area contributed by atoms with Crippen LogP contribution in [0.4, 0.5) is 18.9 Å². The average Bonchev–Trinajstić information content (AvgIpc) is 2.46. The van der Waals surface area contributed by atoms with Crippen molar-refractivity contribution < 1.29 is 23.2 Å². The molecule has 0 radical (unpaired) electrons. The number of nitro benzene ring substituents is 1. The highest BCUT2D eigenvalue weighted by atomic mass is 19.3. The molecule has 0 spiro atoms. The van der Waals surface area contributed by atoms with E-state index in [0.29, 0.717) is 0 Å². The zero-order valence-electron chi connectivity index (χ0n) is 10.5. The standard InChI is InChI=1S/C14H10F3NO3/c15-14(16,17)13(19,10-5-2-1-3-6-10)11-7-4-8-12(9-11)18(20)21/h1-9,19H/i15-1. The van der Waals surface area contributed by atoms with Crippen LogP contribution in [0.3, 0.4) is 0 Å². The highest BCUT2D eigenvalue weighted by Crippen LogP contribution is 2.44. The molecule has 21 heavy (non-hydrogen) atoms. The molecule has 0 aliphatic rings. The molecule has 0 bridgehead atoms. The van der Waals surface area contributed by atoms with E-state index in [-0.39, 0.29) is 0 Å². The summed E-state index contributed by atoms with van der Waals surface area (Å²) in [5, 5.41) is 21.0. The van der Waals surface area contributed by atoms with Crippen LogP contribution in [0, 0.1) is 10.1 Å². The molecule has 0 saturated carbocycles.